The molecule has 0 unspecified atom stereocenters. The Bertz CT molecular complexity index is 389. The van der Waals surface area contributed by atoms with Gasteiger partial charge in [-0.15, -0.1) is 0 Å². The van der Waals surface area contributed by atoms with Crippen LogP contribution in [0.25, 0.3) is 0 Å². The Hall–Kier alpha value is -0.590. The fourth-order valence-electron chi connectivity index (χ4n) is 1.01. The van der Waals surface area contributed by atoms with Crippen LogP contribution < -0.4 is 5.73 Å². The van der Waals surface area contributed by atoms with Gasteiger partial charge in [-0.3, -0.25) is 4.79 Å². The van der Waals surface area contributed by atoms with Crippen LogP contribution in [0.15, 0.2) is 22.7 Å². The van der Waals surface area contributed by atoms with E-state index in [-0.39, 0.29) is 5.82 Å². The van der Waals surface area contributed by atoms with Gasteiger partial charge in [0, 0.05) is 16.0 Å². The number of carboxylic acid groups (broad SMARTS) is 1. The predicted octanol–water partition coefficient (Wildman–Crippen LogP) is 2.23. The molecule has 0 bridgehead atoms. The van der Waals surface area contributed by atoms with E-state index in [1.54, 1.807) is 6.07 Å². The van der Waals surface area contributed by atoms with Crippen molar-refractivity contribution in [2.24, 2.45) is 5.73 Å². The van der Waals surface area contributed by atoms with Crippen LogP contribution in [0.2, 0.25) is 0 Å². The molecule has 0 aliphatic rings. The van der Waals surface area contributed by atoms with Gasteiger partial charge in [0.1, 0.15) is 11.9 Å². The van der Waals surface area contributed by atoms with Crippen molar-refractivity contribution in [1.29, 1.82) is 0 Å². The predicted molar refractivity (Wildman–Crippen MR) is 65.9 cm³/mol. The van der Waals surface area contributed by atoms with E-state index in [0.29, 0.717) is 16.0 Å². The van der Waals surface area contributed by atoms with Crippen LogP contribution in [0.1, 0.15) is 5.56 Å². The van der Waals surface area contributed by atoms with Gasteiger partial charge in [0.05, 0.1) is 0 Å². The number of aliphatic carboxylic acids is 1. The zero-order valence-corrected chi connectivity index (χ0v) is 10.7. The zero-order valence-electron chi connectivity index (χ0n) is 8.32. The van der Waals surface area contributed by atoms with Crippen molar-refractivity contribution in [3.8, 4) is 0 Å². The fraction of sp³-hybridized carbons (Fsp3) is 0.300. The summed E-state index contributed by atoms with van der Waals surface area (Å²) in [4.78, 5) is 10.5. The lowest BCUT2D eigenvalue weighted by atomic mass is 10.2. The molecule has 0 saturated heterocycles. The topological polar surface area (TPSA) is 63.3 Å². The molecule has 0 spiro atoms. The first-order chi connectivity index (χ1) is 7.50. The van der Waals surface area contributed by atoms with E-state index in [1.807, 2.05) is 0 Å². The third kappa shape index (κ3) is 4.11. The molecule has 1 rings (SSSR count). The summed E-state index contributed by atoms with van der Waals surface area (Å²) >= 11 is 4.65. The maximum Gasteiger partial charge on any atom is 0.321 e. The minimum Gasteiger partial charge on any atom is -0.480 e. The average Bonchev–Trinajstić information content (AvgIpc) is 2.20. The standard InChI is InChI=1S/C10H11BrFNO2S/c11-8-3-7(12)2-1-6(8)4-16-5-9(13)10(14)15/h1-3,9H,4-5,13H2,(H,14,15)/t9-/m1/s1. The van der Waals surface area contributed by atoms with Gasteiger partial charge in [0.2, 0.25) is 0 Å². The molecule has 6 heteroatoms. The van der Waals surface area contributed by atoms with Crippen LogP contribution in [0.3, 0.4) is 0 Å². The Morgan fingerprint density at radius 1 is 1.62 bits per heavy atom. The highest BCUT2D eigenvalue weighted by Crippen LogP contribution is 2.22. The van der Waals surface area contributed by atoms with E-state index in [1.165, 1.54) is 23.9 Å². The molecule has 0 aliphatic heterocycles. The second-order valence-corrected chi connectivity index (χ2v) is 5.08. The molecule has 88 valence electrons. The Labute approximate surface area is 105 Å². The molecule has 0 heterocycles. The van der Waals surface area contributed by atoms with Crippen molar-refractivity contribution < 1.29 is 14.3 Å². The molecule has 1 aromatic carbocycles. The molecular weight excluding hydrogens is 297 g/mol. The number of hydrogen-bond donors (Lipinski definition) is 2. The van der Waals surface area contributed by atoms with Gasteiger partial charge in [0.15, 0.2) is 0 Å². The number of carboxylic acids is 1. The minimum atomic E-state index is -1.01. The molecule has 1 atom stereocenters. The highest BCUT2D eigenvalue weighted by molar-refractivity contribution is 9.10. The Morgan fingerprint density at radius 3 is 2.88 bits per heavy atom. The van der Waals surface area contributed by atoms with Crippen LogP contribution in [0.5, 0.6) is 0 Å². The minimum absolute atomic E-state index is 0.303. The Balaban J connectivity index is 2.46. The molecule has 3 N–H and O–H groups in total. The first-order valence-electron chi connectivity index (χ1n) is 4.50. The van der Waals surface area contributed by atoms with Crippen LogP contribution in [-0.4, -0.2) is 22.9 Å². The summed E-state index contributed by atoms with van der Waals surface area (Å²) in [5, 5.41) is 8.57. The molecule has 0 amide bonds. The molecule has 0 fully saturated rings. The van der Waals surface area contributed by atoms with Gasteiger partial charge in [-0.05, 0) is 17.7 Å². The van der Waals surface area contributed by atoms with Crippen molar-refractivity contribution in [1.82, 2.24) is 0 Å². The number of nitrogens with two attached hydrogens (primary N) is 1. The molecule has 0 saturated carbocycles. The molecule has 0 aliphatic carbocycles. The lowest BCUT2D eigenvalue weighted by molar-refractivity contribution is -0.137. The summed E-state index contributed by atoms with van der Waals surface area (Å²) in [7, 11) is 0. The van der Waals surface area contributed by atoms with Crippen LogP contribution >= 0.6 is 27.7 Å². The maximum atomic E-state index is 12.8. The van der Waals surface area contributed by atoms with E-state index >= 15 is 0 Å². The number of hydrogen-bond acceptors (Lipinski definition) is 3. The molecule has 0 aromatic heterocycles. The van der Waals surface area contributed by atoms with Crippen molar-refractivity contribution in [3.05, 3.63) is 34.1 Å². The smallest absolute Gasteiger partial charge is 0.321 e. The van der Waals surface area contributed by atoms with Gasteiger partial charge >= 0.3 is 5.97 Å². The van der Waals surface area contributed by atoms with Crippen molar-refractivity contribution in [3.63, 3.8) is 0 Å². The summed E-state index contributed by atoms with van der Waals surface area (Å²) in [5.41, 5.74) is 6.27. The number of rotatable bonds is 5. The normalized spacial score (nSPS) is 12.4. The Morgan fingerprint density at radius 2 is 2.31 bits per heavy atom. The molecule has 1 aromatic rings. The van der Waals surface area contributed by atoms with Crippen molar-refractivity contribution in [2.75, 3.05) is 5.75 Å². The quantitative estimate of drug-likeness (QED) is 0.875. The van der Waals surface area contributed by atoms with Gasteiger partial charge in [-0.25, -0.2) is 4.39 Å². The summed E-state index contributed by atoms with van der Waals surface area (Å²) < 4.78 is 13.5. The first kappa shape index (κ1) is 13.5. The Kier molecular flexibility index (Phi) is 5.24. The number of halogens is 2. The molecule has 0 radical (unpaired) electrons. The monoisotopic (exact) mass is 307 g/mol. The van der Waals surface area contributed by atoms with E-state index in [2.05, 4.69) is 15.9 Å². The number of thioether (sulfide) groups is 1. The zero-order chi connectivity index (χ0) is 12.1. The second-order valence-electron chi connectivity index (χ2n) is 3.20. The average molecular weight is 308 g/mol. The van der Waals surface area contributed by atoms with Gasteiger partial charge in [-0.1, -0.05) is 22.0 Å². The summed E-state index contributed by atoms with van der Waals surface area (Å²) in [6.45, 7) is 0. The fourth-order valence-corrected chi connectivity index (χ4v) is 2.67. The highest BCUT2D eigenvalue weighted by Gasteiger charge is 2.11. The lowest BCUT2D eigenvalue weighted by Crippen LogP contribution is -2.32. The van der Waals surface area contributed by atoms with Crippen LogP contribution in [0.4, 0.5) is 4.39 Å². The van der Waals surface area contributed by atoms with Gasteiger partial charge in [-0.2, -0.15) is 11.8 Å². The third-order valence-electron chi connectivity index (χ3n) is 1.89. The largest absolute Gasteiger partial charge is 0.480 e. The SMILES string of the molecule is N[C@H](CSCc1ccc(F)cc1Br)C(=O)O. The lowest BCUT2D eigenvalue weighted by Gasteiger charge is -2.07. The molecular formula is C10H11BrFNO2S. The maximum absolute atomic E-state index is 12.8. The van der Waals surface area contributed by atoms with Gasteiger partial charge < -0.3 is 10.8 Å². The van der Waals surface area contributed by atoms with Gasteiger partial charge in [0.25, 0.3) is 0 Å². The van der Waals surface area contributed by atoms with Crippen LogP contribution in [-0.2, 0) is 10.5 Å². The summed E-state index contributed by atoms with van der Waals surface area (Å²) in [6, 6.07) is 3.56. The number of benzene rings is 1. The highest BCUT2D eigenvalue weighted by atomic mass is 79.9. The molecule has 3 nitrogen and oxygen atoms in total. The van der Waals surface area contributed by atoms with E-state index < -0.39 is 12.0 Å². The van der Waals surface area contributed by atoms with Crippen molar-refractivity contribution in [2.45, 2.75) is 11.8 Å². The first-order valence-corrected chi connectivity index (χ1v) is 6.45. The summed E-state index contributed by atoms with van der Waals surface area (Å²) in [5.74, 6) is -0.380. The van der Waals surface area contributed by atoms with E-state index in [9.17, 15) is 9.18 Å². The summed E-state index contributed by atoms with van der Waals surface area (Å²) in [6.07, 6.45) is 0. The third-order valence-corrected chi connectivity index (χ3v) is 3.74. The second kappa shape index (κ2) is 6.22. The van der Waals surface area contributed by atoms with Crippen molar-refractivity contribution >= 4 is 33.7 Å². The van der Waals surface area contributed by atoms with Crippen LogP contribution in [0, 0.1) is 5.82 Å². The molecule has 16 heavy (non-hydrogen) atoms. The number of carbonyl (C=O) groups is 1. The van der Waals surface area contributed by atoms with E-state index in [0.717, 1.165) is 5.56 Å². The van der Waals surface area contributed by atoms with E-state index in [4.69, 9.17) is 10.8 Å².